The molecule has 0 saturated heterocycles. The van der Waals surface area contributed by atoms with Gasteiger partial charge in [0, 0.05) is 30.0 Å². The highest BCUT2D eigenvalue weighted by atomic mass is 32.2. The van der Waals surface area contributed by atoms with Gasteiger partial charge in [-0.3, -0.25) is 9.48 Å². The summed E-state index contributed by atoms with van der Waals surface area (Å²) in [5.41, 5.74) is 7.66. The average Bonchev–Trinajstić information content (AvgIpc) is 3.26. The molecule has 9 heteroatoms. The van der Waals surface area contributed by atoms with E-state index in [-0.39, 0.29) is 12.8 Å². The molecule has 0 radical (unpaired) electrons. The van der Waals surface area contributed by atoms with Crippen LogP contribution >= 0.6 is 0 Å². The molecule has 1 unspecified atom stereocenters. The zero-order valence-electron chi connectivity index (χ0n) is 14.1. The number of aromatic nitrogens is 3. The summed E-state index contributed by atoms with van der Waals surface area (Å²) in [6.45, 7) is 0. The predicted octanol–water partition coefficient (Wildman–Crippen LogP) is 2.01. The van der Waals surface area contributed by atoms with Crippen molar-refractivity contribution in [3.05, 3.63) is 49.2 Å². The highest BCUT2D eigenvalue weighted by Gasteiger charge is 2.24. The fraction of sp³-hybridized carbons (Fsp3) is 0.235. The summed E-state index contributed by atoms with van der Waals surface area (Å²) in [4.78, 5) is 14.9. The second-order valence-corrected chi connectivity index (χ2v) is 8.14. The molecule has 1 amide bonds. The van der Waals surface area contributed by atoms with E-state index in [1.807, 2.05) is 24.3 Å². The molecular weight excluding hydrogens is 356 g/mol. The van der Waals surface area contributed by atoms with Gasteiger partial charge in [-0.25, -0.2) is 13.4 Å². The predicted molar refractivity (Wildman–Crippen MR) is 95.5 cm³/mol. The van der Waals surface area contributed by atoms with E-state index < -0.39 is 21.1 Å². The largest absolute Gasteiger partial charge is 0.444 e. The molecule has 1 atom stereocenters. The molecule has 0 saturated carbocycles. The molecule has 2 N–H and O–H groups in total. The second-order valence-electron chi connectivity index (χ2n) is 5.94. The van der Waals surface area contributed by atoms with Crippen LogP contribution in [0.15, 0.2) is 53.7 Å². The van der Waals surface area contributed by atoms with Gasteiger partial charge in [0.25, 0.3) is 0 Å². The summed E-state index contributed by atoms with van der Waals surface area (Å²) in [7, 11) is -3.45. The van der Waals surface area contributed by atoms with Crippen LogP contribution in [0.2, 0.25) is 0 Å². The molecule has 2 heterocycles. The smallest absolute Gasteiger partial charge is 0.217 e. The van der Waals surface area contributed by atoms with Crippen molar-refractivity contribution in [2.75, 3.05) is 6.26 Å². The molecule has 0 aliphatic carbocycles. The van der Waals surface area contributed by atoms with E-state index in [1.54, 1.807) is 18.6 Å². The van der Waals surface area contributed by atoms with Crippen LogP contribution in [0.1, 0.15) is 18.2 Å². The molecule has 0 bridgehead atoms. The zero-order valence-corrected chi connectivity index (χ0v) is 14.9. The molecule has 3 rings (SSSR count). The van der Waals surface area contributed by atoms with Crippen LogP contribution in [0.3, 0.4) is 0 Å². The first-order chi connectivity index (χ1) is 12.3. The number of amides is 1. The lowest BCUT2D eigenvalue weighted by Gasteiger charge is -2.14. The van der Waals surface area contributed by atoms with Crippen LogP contribution in [-0.2, 0) is 14.6 Å². The van der Waals surface area contributed by atoms with Crippen LogP contribution in [-0.4, -0.2) is 35.3 Å². The van der Waals surface area contributed by atoms with E-state index in [1.165, 1.54) is 11.1 Å². The Morgan fingerprint density at radius 2 is 1.88 bits per heavy atom. The Hall–Kier alpha value is -2.94. The minimum atomic E-state index is -3.45. The van der Waals surface area contributed by atoms with Gasteiger partial charge in [-0.1, -0.05) is 24.3 Å². The average molecular weight is 374 g/mol. The van der Waals surface area contributed by atoms with E-state index in [4.69, 9.17) is 10.2 Å². The van der Waals surface area contributed by atoms with Crippen molar-refractivity contribution in [1.82, 2.24) is 14.8 Å². The molecule has 0 aliphatic rings. The number of primary amides is 1. The Morgan fingerprint density at radius 3 is 2.46 bits per heavy atom. The Bertz CT molecular complexity index is 992. The highest BCUT2D eigenvalue weighted by molar-refractivity contribution is 7.90. The molecule has 1 aromatic carbocycles. The van der Waals surface area contributed by atoms with Gasteiger partial charge >= 0.3 is 0 Å². The maximum atomic E-state index is 12.0. The molecule has 3 aromatic rings. The minimum absolute atomic E-state index is 0.0290. The maximum Gasteiger partial charge on any atom is 0.217 e. The van der Waals surface area contributed by atoms with Gasteiger partial charge in [0.05, 0.1) is 12.4 Å². The molecular formula is C17H18N4O4S. The summed E-state index contributed by atoms with van der Waals surface area (Å²) in [6, 6.07) is 7.54. The lowest BCUT2D eigenvalue weighted by atomic mass is 10.1. The number of oxazole rings is 1. The van der Waals surface area contributed by atoms with E-state index >= 15 is 0 Å². The van der Waals surface area contributed by atoms with Crippen LogP contribution in [0.5, 0.6) is 0 Å². The number of nitrogens with zero attached hydrogens (tertiary/aromatic N) is 3. The lowest BCUT2D eigenvalue weighted by Crippen LogP contribution is -2.22. The summed E-state index contributed by atoms with van der Waals surface area (Å²) in [5.74, 6) is 0.116. The minimum Gasteiger partial charge on any atom is -0.444 e. The Balaban J connectivity index is 1.85. The molecule has 2 aromatic heterocycles. The number of hydrogen-bond donors (Lipinski definition) is 1. The monoisotopic (exact) mass is 374 g/mol. The van der Waals surface area contributed by atoms with Crippen LogP contribution in [0, 0.1) is 0 Å². The van der Waals surface area contributed by atoms with E-state index in [2.05, 4.69) is 10.1 Å². The Kier molecular flexibility index (Phi) is 4.90. The van der Waals surface area contributed by atoms with Gasteiger partial charge in [-0.15, -0.1) is 0 Å². The Morgan fingerprint density at radius 1 is 1.19 bits per heavy atom. The number of nitrogens with two attached hydrogens (primary N) is 1. The standard InChI is InChI=1S/C17H18N4O4S/c1-26(23,24)17(7-6-16(18)22)21-10-14(8-20-21)12-2-4-13(5-3-12)15-9-19-11-25-15/h2-5,8-11,17H,6-7H2,1H3,(H2,18,22). The van der Waals surface area contributed by atoms with E-state index in [0.717, 1.165) is 22.9 Å². The van der Waals surface area contributed by atoms with Crippen LogP contribution < -0.4 is 5.73 Å². The van der Waals surface area contributed by atoms with E-state index in [9.17, 15) is 13.2 Å². The van der Waals surface area contributed by atoms with Crippen molar-refractivity contribution in [3.63, 3.8) is 0 Å². The van der Waals surface area contributed by atoms with Crippen LogP contribution in [0.4, 0.5) is 0 Å². The van der Waals surface area contributed by atoms with Crippen molar-refractivity contribution in [3.8, 4) is 22.5 Å². The first-order valence-corrected chi connectivity index (χ1v) is 9.80. The fourth-order valence-corrected chi connectivity index (χ4v) is 3.69. The lowest BCUT2D eigenvalue weighted by molar-refractivity contribution is -0.118. The third kappa shape index (κ3) is 3.99. The Labute approximate surface area is 150 Å². The second kappa shape index (κ2) is 7.12. The summed E-state index contributed by atoms with van der Waals surface area (Å²) < 4.78 is 30.7. The number of carbonyl (C=O) groups is 1. The third-order valence-corrected chi connectivity index (χ3v) is 5.40. The first kappa shape index (κ1) is 17.9. The molecule has 8 nitrogen and oxygen atoms in total. The molecule has 0 spiro atoms. The van der Waals surface area contributed by atoms with Crippen molar-refractivity contribution in [2.45, 2.75) is 18.2 Å². The topological polar surface area (TPSA) is 121 Å². The van der Waals surface area contributed by atoms with Crippen molar-refractivity contribution >= 4 is 15.7 Å². The third-order valence-electron chi connectivity index (χ3n) is 3.96. The first-order valence-electron chi connectivity index (χ1n) is 7.85. The van der Waals surface area contributed by atoms with Crippen LogP contribution in [0.25, 0.3) is 22.5 Å². The summed E-state index contributed by atoms with van der Waals surface area (Å²) >= 11 is 0. The van der Waals surface area contributed by atoms with Gasteiger partial charge in [0.2, 0.25) is 5.91 Å². The summed E-state index contributed by atoms with van der Waals surface area (Å²) in [6.07, 6.45) is 7.40. The van der Waals surface area contributed by atoms with Crippen molar-refractivity contribution < 1.29 is 17.6 Å². The number of sulfone groups is 1. The number of carbonyl (C=O) groups excluding carboxylic acids is 1. The SMILES string of the molecule is CS(=O)(=O)C(CCC(N)=O)n1cc(-c2ccc(-c3cnco3)cc2)cn1. The fourth-order valence-electron chi connectivity index (χ4n) is 2.64. The zero-order chi connectivity index (χ0) is 18.7. The van der Waals surface area contributed by atoms with Gasteiger partial charge in [0.1, 0.15) is 0 Å². The van der Waals surface area contributed by atoms with Gasteiger partial charge in [-0.2, -0.15) is 5.10 Å². The number of rotatable bonds is 7. The maximum absolute atomic E-state index is 12.0. The quantitative estimate of drug-likeness (QED) is 0.675. The normalized spacial score (nSPS) is 12.8. The number of hydrogen-bond acceptors (Lipinski definition) is 6. The van der Waals surface area contributed by atoms with E-state index in [0.29, 0.717) is 5.76 Å². The number of benzene rings is 1. The molecule has 0 aliphatic heterocycles. The van der Waals surface area contributed by atoms with Gasteiger partial charge in [0.15, 0.2) is 27.4 Å². The van der Waals surface area contributed by atoms with Crippen molar-refractivity contribution in [2.24, 2.45) is 5.73 Å². The van der Waals surface area contributed by atoms with Gasteiger partial charge in [-0.05, 0) is 12.0 Å². The van der Waals surface area contributed by atoms with Crippen molar-refractivity contribution in [1.29, 1.82) is 0 Å². The highest BCUT2D eigenvalue weighted by Crippen LogP contribution is 2.27. The molecule has 0 fully saturated rings. The summed E-state index contributed by atoms with van der Waals surface area (Å²) in [5, 5.41) is 3.23. The van der Waals surface area contributed by atoms with Gasteiger partial charge < -0.3 is 10.2 Å². The molecule has 136 valence electrons. The molecule has 26 heavy (non-hydrogen) atoms.